The molecule has 7 nitrogen and oxygen atoms in total. The van der Waals surface area contributed by atoms with Gasteiger partial charge in [-0.1, -0.05) is 0 Å². The summed E-state index contributed by atoms with van der Waals surface area (Å²) in [5.41, 5.74) is 2.01. The number of piperazine rings is 1. The van der Waals surface area contributed by atoms with E-state index in [9.17, 15) is 0 Å². The van der Waals surface area contributed by atoms with E-state index in [0.29, 0.717) is 5.95 Å². The summed E-state index contributed by atoms with van der Waals surface area (Å²) >= 11 is 1.72. The van der Waals surface area contributed by atoms with Crippen molar-refractivity contribution in [2.75, 3.05) is 42.9 Å². The van der Waals surface area contributed by atoms with Crippen LogP contribution in [0.3, 0.4) is 0 Å². The molecule has 0 spiro atoms. The summed E-state index contributed by atoms with van der Waals surface area (Å²) in [5.74, 6) is 3.36. The van der Waals surface area contributed by atoms with Crippen LogP contribution < -0.4 is 10.2 Å². The third-order valence-corrected chi connectivity index (χ3v) is 6.02. The maximum Gasteiger partial charge on any atom is 0.231 e. The molecular weight excluding hydrogens is 346 g/mol. The van der Waals surface area contributed by atoms with Gasteiger partial charge in [0.05, 0.1) is 10.2 Å². The minimum absolute atomic E-state index is 0.609. The Labute approximate surface area is 156 Å². The van der Waals surface area contributed by atoms with Crippen LogP contribution in [0.15, 0.2) is 17.5 Å². The van der Waals surface area contributed by atoms with Crippen LogP contribution in [0.5, 0.6) is 0 Å². The first kappa shape index (κ1) is 16.0. The molecule has 0 amide bonds. The number of aromatic amines is 1. The number of aromatic nitrogens is 4. The number of anilines is 3. The van der Waals surface area contributed by atoms with Crippen molar-refractivity contribution in [2.45, 2.75) is 19.8 Å². The molecule has 0 bridgehead atoms. The first-order chi connectivity index (χ1) is 12.7. The molecule has 3 aromatic heterocycles. The molecule has 3 aromatic rings. The van der Waals surface area contributed by atoms with Crippen LogP contribution in [-0.2, 0) is 0 Å². The molecule has 136 valence electrons. The fourth-order valence-electron chi connectivity index (χ4n) is 3.52. The summed E-state index contributed by atoms with van der Waals surface area (Å²) in [4.78, 5) is 14.5. The zero-order valence-electron chi connectivity index (χ0n) is 14.9. The topological polar surface area (TPSA) is 73.0 Å². The van der Waals surface area contributed by atoms with Crippen molar-refractivity contribution >= 4 is 39.1 Å². The van der Waals surface area contributed by atoms with Crippen LogP contribution in [0.25, 0.3) is 10.2 Å². The van der Waals surface area contributed by atoms with Gasteiger partial charge in [-0.25, -0.2) is 4.98 Å². The molecule has 2 fully saturated rings. The fraction of sp³-hybridized carbons (Fsp3) is 0.500. The Bertz CT molecular complexity index is 905. The molecule has 4 heterocycles. The molecule has 0 aromatic carbocycles. The Balaban J connectivity index is 1.38. The number of nitrogens with one attached hydrogen (secondary N) is 2. The van der Waals surface area contributed by atoms with Gasteiger partial charge < -0.3 is 10.2 Å². The number of nitrogens with zero attached hydrogens (tertiary/aromatic N) is 5. The lowest BCUT2D eigenvalue weighted by atomic mass is 10.2. The minimum Gasteiger partial charge on any atom is -0.353 e. The van der Waals surface area contributed by atoms with Crippen molar-refractivity contribution in [3.8, 4) is 0 Å². The van der Waals surface area contributed by atoms with Crippen molar-refractivity contribution in [3.63, 3.8) is 0 Å². The molecule has 0 radical (unpaired) electrons. The standard InChI is InChI=1S/C18H23N7S/c1-12-10-15(23-22-12)20-18-19-14-4-9-26-16(14)17(21-18)25-7-5-24(6-8-25)11-13-2-3-13/h4,9-10,13H,2-3,5-8,11H2,1H3,(H2,19,20,21,22,23). The maximum absolute atomic E-state index is 4.84. The van der Waals surface area contributed by atoms with E-state index in [0.717, 1.165) is 54.9 Å². The highest BCUT2D eigenvalue weighted by Crippen LogP contribution is 2.33. The Kier molecular flexibility index (Phi) is 4.01. The largest absolute Gasteiger partial charge is 0.353 e. The van der Waals surface area contributed by atoms with E-state index >= 15 is 0 Å². The second-order valence-electron chi connectivity index (χ2n) is 7.30. The zero-order chi connectivity index (χ0) is 17.5. The highest BCUT2D eigenvalue weighted by molar-refractivity contribution is 7.17. The molecule has 1 saturated heterocycles. The second kappa shape index (κ2) is 6.51. The van der Waals surface area contributed by atoms with E-state index < -0.39 is 0 Å². The SMILES string of the molecule is Cc1cc(Nc2nc(N3CCN(CC4CC4)CC3)c3sccc3n2)n[nH]1. The lowest BCUT2D eigenvalue weighted by Crippen LogP contribution is -2.47. The Hall–Kier alpha value is -2.19. The number of thiophene rings is 1. The van der Waals surface area contributed by atoms with Gasteiger partial charge >= 0.3 is 0 Å². The smallest absolute Gasteiger partial charge is 0.231 e. The molecule has 1 aliphatic heterocycles. The van der Waals surface area contributed by atoms with Crippen molar-refractivity contribution in [3.05, 3.63) is 23.2 Å². The Morgan fingerprint density at radius 1 is 1.23 bits per heavy atom. The first-order valence-electron chi connectivity index (χ1n) is 9.26. The summed E-state index contributed by atoms with van der Waals surface area (Å²) in [5, 5.41) is 12.5. The predicted molar refractivity (Wildman–Crippen MR) is 105 cm³/mol. The molecule has 0 atom stereocenters. The third-order valence-electron chi connectivity index (χ3n) is 5.12. The van der Waals surface area contributed by atoms with Crippen molar-refractivity contribution in [2.24, 2.45) is 5.92 Å². The number of rotatable bonds is 5. The minimum atomic E-state index is 0.609. The van der Waals surface area contributed by atoms with Crippen LogP contribution in [0.4, 0.5) is 17.6 Å². The summed E-state index contributed by atoms with van der Waals surface area (Å²) in [6.45, 7) is 7.55. The molecule has 26 heavy (non-hydrogen) atoms. The Morgan fingerprint density at radius 2 is 2.08 bits per heavy atom. The van der Waals surface area contributed by atoms with E-state index in [1.165, 1.54) is 24.1 Å². The highest BCUT2D eigenvalue weighted by atomic mass is 32.1. The van der Waals surface area contributed by atoms with E-state index in [2.05, 4.69) is 41.7 Å². The number of H-pyrrole nitrogens is 1. The van der Waals surface area contributed by atoms with E-state index in [1.807, 2.05) is 13.0 Å². The molecule has 2 N–H and O–H groups in total. The summed E-state index contributed by atoms with van der Waals surface area (Å²) < 4.78 is 1.17. The number of aryl methyl sites for hydroxylation is 1. The molecule has 8 heteroatoms. The Morgan fingerprint density at radius 3 is 2.81 bits per heavy atom. The zero-order valence-corrected chi connectivity index (χ0v) is 15.7. The number of fused-ring (bicyclic) bond motifs is 1. The molecular formula is C18H23N7S. The number of hydrogen-bond donors (Lipinski definition) is 2. The van der Waals surface area contributed by atoms with E-state index in [-0.39, 0.29) is 0 Å². The van der Waals surface area contributed by atoms with Crippen LogP contribution in [0.2, 0.25) is 0 Å². The normalized spacial score (nSPS) is 18.6. The molecule has 2 aliphatic rings. The lowest BCUT2D eigenvalue weighted by Gasteiger charge is -2.35. The summed E-state index contributed by atoms with van der Waals surface area (Å²) in [6, 6.07) is 4.02. The van der Waals surface area contributed by atoms with Gasteiger partial charge in [0.15, 0.2) is 11.6 Å². The van der Waals surface area contributed by atoms with Gasteiger partial charge in [0.1, 0.15) is 0 Å². The van der Waals surface area contributed by atoms with Crippen LogP contribution in [0, 0.1) is 12.8 Å². The van der Waals surface area contributed by atoms with E-state index in [1.54, 1.807) is 11.3 Å². The van der Waals surface area contributed by atoms with Gasteiger partial charge in [0, 0.05) is 44.5 Å². The van der Waals surface area contributed by atoms with Gasteiger partial charge in [0.2, 0.25) is 5.95 Å². The predicted octanol–water partition coefficient (Wildman–Crippen LogP) is 3.00. The third kappa shape index (κ3) is 3.26. The summed E-state index contributed by atoms with van der Waals surface area (Å²) in [7, 11) is 0. The molecule has 5 rings (SSSR count). The first-order valence-corrected chi connectivity index (χ1v) is 10.1. The van der Waals surface area contributed by atoms with Crippen molar-refractivity contribution < 1.29 is 0 Å². The van der Waals surface area contributed by atoms with Gasteiger partial charge in [-0.2, -0.15) is 10.1 Å². The maximum atomic E-state index is 4.84. The quantitative estimate of drug-likeness (QED) is 0.720. The van der Waals surface area contributed by atoms with Gasteiger partial charge in [0.25, 0.3) is 0 Å². The molecule has 0 unspecified atom stereocenters. The van der Waals surface area contributed by atoms with Gasteiger partial charge in [-0.15, -0.1) is 11.3 Å². The number of hydrogen-bond acceptors (Lipinski definition) is 7. The van der Waals surface area contributed by atoms with Gasteiger partial charge in [-0.05, 0) is 37.1 Å². The van der Waals surface area contributed by atoms with Crippen LogP contribution in [0.1, 0.15) is 18.5 Å². The molecule has 1 saturated carbocycles. The van der Waals surface area contributed by atoms with Gasteiger partial charge in [-0.3, -0.25) is 10.00 Å². The fourth-order valence-corrected chi connectivity index (χ4v) is 4.37. The highest BCUT2D eigenvalue weighted by Gasteiger charge is 2.27. The van der Waals surface area contributed by atoms with Crippen molar-refractivity contribution in [1.82, 2.24) is 25.1 Å². The molecule has 1 aliphatic carbocycles. The average molecular weight is 369 g/mol. The second-order valence-corrected chi connectivity index (χ2v) is 8.21. The average Bonchev–Trinajstić information content (AvgIpc) is 3.16. The van der Waals surface area contributed by atoms with Crippen LogP contribution in [-0.4, -0.2) is 57.8 Å². The van der Waals surface area contributed by atoms with Crippen LogP contribution >= 0.6 is 11.3 Å². The van der Waals surface area contributed by atoms with Crippen molar-refractivity contribution in [1.29, 1.82) is 0 Å². The lowest BCUT2D eigenvalue weighted by molar-refractivity contribution is 0.248. The van der Waals surface area contributed by atoms with E-state index in [4.69, 9.17) is 4.98 Å². The monoisotopic (exact) mass is 369 g/mol. The summed E-state index contributed by atoms with van der Waals surface area (Å²) in [6.07, 6.45) is 2.84.